The van der Waals surface area contributed by atoms with Crippen LogP contribution in [0, 0.1) is 5.92 Å². The van der Waals surface area contributed by atoms with E-state index in [9.17, 15) is 8.42 Å². The van der Waals surface area contributed by atoms with Crippen molar-refractivity contribution in [3.63, 3.8) is 0 Å². The summed E-state index contributed by atoms with van der Waals surface area (Å²) >= 11 is 4.99. The second-order valence-corrected chi connectivity index (χ2v) is 7.71. The minimum absolute atomic E-state index is 0.0188. The third-order valence-corrected chi connectivity index (χ3v) is 5.84. The molecule has 0 spiro atoms. The monoisotopic (exact) mass is 312 g/mol. The molecule has 0 amide bonds. The van der Waals surface area contributed by atoms with Gasteiger partial charge in [0.2, 0.25) is 10.0 Å². The molecule has 4 nitrogen and oxygen atoms in total. The van der Waals surface area contributed by atoms with Gasteiger partial charge in [0.25, 0.3) is 0 Å². The van der Waals surface area contributed by atoms with Crippen LogP contribution in [0.25, 0.3) is 0 Å². The Hall–Kier alpha value is -0.980. The Kier molecular flexibility index (Phi) is 5.12. The quantitative estimate of drug-likeness (QED) is 0.838. The highest BCUT2D eigenvalue weighted by molar-refractivity contribution is 7.89. The molecule has 1 aromatic rings. The van der Waals surface area contributed by atoms with E-state index in [0.717, 1.165) is 18.4 Å². The maximum atomic E-state index is 12.4. The molecule has 20 heavy (non-hydrogen) atoms. The van der Waals surface area contributed by atoms with Gasteiger partial charge in [0, 0.05) is 19.0 Å². The van der Waals surface area contributed by atoms with Gasteiger partial charge >= 0.3 is 0 Å². The van der Waals surface area contributed by atoms with Crippen LogP contribution in [0.3, 0.4) is 0 Å². The number of piperidine rings is 1. The van der Waals surface area contributed by atoms with Gasteiger partial charge < -0.3 is 5.73 Å². The molecule has 1 atom stereocenters. The smallest absolute Gasteiger partial charge is 0.214 e. The average Bonchev–Trinajstić information content (AvgIpc) is 2.46. The largest absolute Gasteiger partial charge is 0.393 e. The molecule has 0 aliphatic carbocycles. The summed E-state index contributed by atoms with van der Waals surface area (Å²) in [7, 11) is -3.23. The van der Waals surface area contributed by atoms with E-state index in [2.05, 4.69) is 0 Å². The van der Waals surface area contributed by atoms with Crippen LogP contribution in [-0.4, -0.2) is 36.6 Å². The molecule has 110 valence electrons. The number of thiocarbonyl (C=S) groups is 1. The number of sulfonamides is 1. The lowest BCUT2D eigenvalue weighted by molar-refractivity contribution is 0.312. The molecule has 0 aromatic heterocycles. The van der Waals surface area contributed by atoms with Gasteiger partial charge in [-0.15, -0.1) is 0 Å². The minimum Gasteiger partial charge on any atom is -0.393 e. The van der Waals surface area contributed by atoms with E-state index >= 15 is 0 Å². The van der Waals surface area contributed by atoms with Crippen LogP contribution in [0.1, 0.15) is 18.4 Å². The predicted octanol–water partition coefficient (Wildman–Crippen LogP) is 1.56. The Morgan fingerprint density at radius 3 is 2.70 bits per heavy atom. The van der Waals surface area contributed by atoms with Crippen molar-refractivity contribution in [1.82, 2.24) is 4.31 Å². The molecule has 2 rings (SSSR count). The van der Waals surface area contributed by atoms with Crippen LogP contribution < -0.4 is 5.73 Å². The van der Waals surface area contributed by atoms with E-state index in [1.807, 2.05) is 30.3 Å². The highest BCUT2D eigenvalue weighted by Crippen LogP contribution is 2.20. The van der Waals surface area contributed by atoms with Crippen molar-refractivity contribution in [2.75, 3.05) is 18.8 Å². The first-order chi connectivity index (χ1) is 9.49. The molecule has 1 aliphatic rings. The molecule has 1 heterocycles. The summed E-state index contributed by atoms with van der Waals surface area (Å²) < 4.78 is 26.3. The molecule has 1 saturated heterocycles. The van der Waals surface area contributed by atoms with Crippen molar-refractivity contribution >= 4 is 27.2 Å². The number of nitrogens with zero attached hydrogens (tertiary/aromatic N) is 1. The maximum Gasteiger partial charge on any atom is 0.214 e. The lowest BCUT2D eigenvalue weighted by atomic mass is 10.0. The molecule has 1 fully saturated rings. The molecular formula is C14H20N2O2S2. The van der Waals surface area contributed by atoms with Crippen molar-refractivity contribution in [2.24, 2.45) is 11.7 Å². The SMILES string of the molecule is NC(=S)C1CCCN(S(=O)(=O)CCc2ccccc2)C1. The molecule has 1 aromatic carbocycles. The zero-order valence-electron chi connectivity index (χ0n) is 11.4. The normalized spacial score (nSPS) is 20.7. The number of nitrogens with two attached hydrogens (primary N) is 1. The lowest BCUT2D eigenvalue weighted by Crippen LogP contribution is -2.44. The van der Waals surface area contributed by atoms with Gasteiger partial charge in [-0.25, -0.2) is 12.7 Å². The fraction of sp³-hybridized carbons (Fsp3) is 0.500. The van der Waals surface area contributed by atoms with Gasteiger partial charge in [0.05, 0.1) is 10.7 Å². The van der Waals surface area contributed by atoms with Crippen LogP contribution in [0.15, 0.2) is 30.3 Å². The van der Waals surface area contributed by atoms with Crippen LogP contribution in [0.2, 0.25) is 0 Å². The predicted molar refractivity (Wildman–Crippen MR) is 85.0 cm³/mol. The third-order valence-electron chi connectivity index (χ3n) is 3.67. The van der Waals surface area contributed by atoms with Crippen molar-refractivity contribution in [3.8, 4) is 0 Å². The molecule has 1 aliphatic heterocycles. The average molecular weight is 312 g/mol. The van der Waals surface area contributed by atoms with Gasteiger partial charge in [-0.1, -0.05) is 42.5 Å². The van der Waals surface area contributed by atoms with E-state index < -0.39 is 10.0 Å². The number of benzene rings is 1. The van der Waals surface area contributed by atoms with Gasteiger partial charge in [-0.05, 0) is 24.8 Å². The van der Waals surface area contributed by atoms with Crippen LogP contribution in [-0.2, 0) is 16.4 Å². The molecule has 0 saturated carbocycles. The van der Waals surface area contributed by atoms with Crippen LogP contribution in [0.4, 0.5) is 0 Å². The van der Waals surface area contributed by atoms with E-state index in [0.29, 0.717) is 24.5 Å². The Morgan fingerprint density at radius 1 is 1.35 bits per heavy atom. The van der Waals surface area contributed by atoms with Crippen LogP contribution >= 0.6 is 12.2 Å². The zero-order valence-corrected chi connectivity index (χ0v) is 13.0. The second kappa shape index (κ2) is 6.65. The standard InChI is InChI=1S/C14H20N2O2S2/c15-14(19)13-7-4-9-16(11-13)20(17,18)10-8-12-5-2-1-3-6-12/h1-3,5-6,13H,4,7-11H2,(H2,15,19). The summed E-state index contributed by atoms with van der Waals surface area (Å²) in [5.41, 5.74) is 6.69. The molecule has 0 radical (unpaired) electrons. The van der Waals surface area contributed by atoms with E-state index in [1.165, 1.54) is 0 Å². The molecule has 0 bridgehead atoms. The summed E-state index contributed by atoms with van der Waals surface area (Å²) in [5.74, 6) is 0.159. The van der Waals surface area contributed by atoms with Gasteiger partial charge in [-0.3, -0.25) is 0 Å². The summed E-state index contributed by atoms with van der Waals surface area (Å²) in [4.78, 5) is 0.424. The zero-order chi connectivity index (χ0) is 14.6. The first kappa shape index (κ1) is 15.4. The second-order valence-electron chi connectivity index (χ2n) is 5.15. The number of rotatable bonds is 5. The minimum atomic E-state index is -3.23. The summed E-state index contributed by atoms with van der Waals surface area (Å²) in [6, 6.07) is 9.67. The highest BCUT2D eigenvalue weighted by Gasteiger charge is 2.29. The first-order valence-electron chi connectivity index (χ1n) is 6.80. The Bertz CT molecular complexity index is 558. The number of hydrogen-bond donors (Lipinski definition) is 1. The topological polar surface area (TPSA) is 63.4 Å². The fourth-order valence-corrected chi connectivity index (χ4v) is 4.21. The Morgan fingerprint density at radius 2 is 2.05 bits per heavy atom. The summed E-state index contributed by atoms with van der Waals surface area (Å²) in [6.07, 6.45) is 2.25. The molecule has 6 heteroatoms. The van der Waals surface area contributed by atoms with Crippen molar-refractivity contribution in [2.45, 2.75) is 19.3 Å². The number of hydrogen-bond acceptors (Lipinski definition) is 3. The highest BCUT2D eigenvalue weighted by atomic mass is 32.2. The van der Waals surface area contributed by atoms with Crippen molar-refractivity contribution in [3.05, 3.63) is 35.9 Å². The van der Waals surface area contributed by atoms with Crippen molar-refractivity contribution < 1.29 is 8.42 Å². The van der Waals surface area contributed by atoms with E-state index in [1.54, 1.807) is 4.31 Å². The number of aryl methyl sites for hydroxylation is 1. The third kappa shape index (κ3) is 4.01. The maximum absolute atomic E-state index is 12.4. The Labute approximate surface area is 126 Å². The molecule has 2 N–H and O–H groups in total. The van der Waals surface area contributed by atoms with Crippen molar-refractivity contribution in [1.29, 1.82) is 0 Å². The molecule has 1 unspecified atom stereocenters. The summed E-state index contributed by atoms with van der Waals surface area (Å²) in [5, 5.41) is 0. The van der Waals surface area contributed by atoms with Crippen LogP contribution in [0.5, 0.6) is 0 Å². The van der Waals surface area contributed by atoms with E-state index in [-0.39, 0.29) is 11.7 Å². The molecular weight excluding hydrogens is 292 g/mol. The van der Waals surface area contributed by atoms with Gasteiger partial charge in [0.15, 0.2) is 0 Å². The first-order valence-corrected chi connectivity index (χ1v) is 8.82. The van der Waals surface area contributed by atoms with E-state index in [4.69, 9.17) is 18.0 Å². The summed E-state index contributed by atoms with van der Waals surface area (Å²) in [6.45, 7) is 1.02. The van der Waals surface area contributed by atoms with Gasteiger partial charge in [-0.2, -0.15) is 0 Å². The fourth-order valence-electron chi connectivity index (χ4n) is 2.45. The Balaban J connectivity index is 1.97. The lowest BCUT2D eigenvalue weighted by Gasteiger charge is -2.31. The van der Waals surface area contributed by atoms with Gasteiger partial charge in [0.1, 0.15) is 0 Å².